The van der Waals surface area contributed by atoms with E-state index in [2.05, 4.69) is 32.3 Å². The molecule has 142 valence electrons. The van der Waals surface area contributed by atoms with Gasteiger partial charge in [-0.25, -0.2) is 4.98 Å². The molecule has 1 amide bonds. The molecule has 0 saturated carbocycles. The average Bonchev–Trinajstić information content (AvgIpc) is 3.49. The van der Waals surface area contributed by atoms with Gasteiger partial charge in [-0.1, -0.05) is 17.3 Å². The van der Waals surface area contributed by atoms with Gasteiger partial charge in [0.05, 0.1) is 12.1 Å². The number of nitrogens with zero attached hydrogens (tertiary/aromatic N) is 4. The Morgan fingerprint density at radius 1 is 1.11 bits per heavy atom. The first-order chi connectivity index (χ1) is 13.8. The molecular formula is C20H18N4O2S2. The highest BCUT2D eigenvalue weighted by Crippen LogP contribution is 2.29. The summed E-state index contributed by atoms with van der Waals surface area (Å²) >= 11 is 3.34. The smallest absolute Gasteiger partial charge is 0.228 e. The summed E-state index contributed by atoms with van der Waals surface area (Å²) in [6.45, 7) is 2.98. The van der Waals surface area contributed by atoms with Crippen LogP contribution in [-0.2, 0) is 11.2 Å². The number of fused-ring (bicyclic) bond motifs is 1. The van der Waals surface area contributed by atoms with E-state index in [-0.39, 0.29) is 12.3 Å². The fourth-order valence-corrected chi connectivity index (χ4v) is 4.96. The first-order valence-corrected chi connectivity index (χ1v) is 10.9. The number of benzene rings is 1. The zero-order chi connectivity index (χ0) is 18.9. The van der Waals surface area contributed by atoms with Gasteiger partial charge in [-0.3, -0.25) is 4.79 Å². The average molecular weight is 411 g/mol. The maximum Gasteiger partial charge on any atom is 0.228 e. The van der Waals surface area contributed by atoms with Gasteiger partial charge in [0, 0.05) is 47.9 Å². The highest BCUT2D eigenvalue weighted by molar-refractivity contribution is 7.14. The van der Waals surface area contributed by atoms with Gasteiger partial charge in [-0.15, -0.1) is 11.3 Å². The molecule has 0 aliphatic carbocycles. The first kappa shape index (κ1) is 17.4. The monoisotopic (exact) mass is 410 g/mol. The Balaban J connectivity index is 1.21. The van der Waals surface area contributed by atoms with Gasteiger partial charge in [0.1, 0.15) is 5.69 Å². The van der Waals surface area contributed by atoms with E-state index in [9.17, 15) is 4.79 Å². The van der Waals surface area contributed by atoms with Crippen molar-refractivity contribution in [3.8, 4) is 11.3 Å². The molecule has 0 atom stereocenters. The van der Waals surface area contributed by atoms with Crippen LogP contribution in [0.2, 0.25) is 0 Å². The van der Waals surface area contributed by atoms with Crippen molar-refractivity contribution in [2.45, 2.75) is 6.42 Å². The van der Waals surface area contributed by atoms with Crippen LogP contribution in [0, 0.1) is 0 Å². The number of thiazole rings is 1. The summed E-state index contributed by atoms with van der Waals surface area (Å²) in [4.78, 5) is 21.7. The number of carbonyl (C=O) groups excluding carboxylic acids is 1. The van der Waals surface area contributed by atoms with Crippen molar-refractivity contribution < 1.29 is 9.32 Å². The van der Waals surface area contributed by atoms with Gasteiger partial charge in [-0.2, -0.15) is 11.3 Å². The second-order valence-electron chi connectivity index (χ2n) is 6.70. The number of rotatable bonds is 4. The lowest BCUT2D eigenvalue weighted by molar-refractivity contribution is -0.130. The molecule has 28 heavy (non-hydrogen) atoms. The Kier molecular flexibility index (Phi) is 4.58. The lowest BCUT2D eigenvalue weighted by Crippen LogP contribution is -2.49. The first-order valence-electron chi connectivity index (χ1n) is 9.12. The number of carbonyl (C=O) groups is 1. The molecule has 1 aliphatic rings. The quantitative estimate of drug-likeness (QED) is 0.511. The molecule has 6 nitrogen and oxygen atoms in total. The lowest BCUT2D eigenvalue weighted by Gasteiger charge is -2.34. The molecule has 1 aliphatic heterocycles. The molecule has 1 aromatic carbocycles. The Morgan fingerprint density at radius 2 is 1.96 bits per heavy atom. The number of hydrogen-bond donors (Lipinski definition) is 0. The third-order valence-electron chi connectivity index (χ3n) is 4.98. The Hall–Kier alpha value is -2.71. The normalized spacial score (nSPS) is 14.7. The number of piperazine rings is 1. The van der Waals surface area contributed by atoms with Crippen molar-refractivity contribution in [1.29, 1.82) is 0 Å². The molecule has 3 aromatic heterocycles. The second-order valence-corrected chi connectivity index (χ2v) is 8.31. The van der Waals surface area contributed by atoms with Gasteiger partial charge >= 0.3 is 0 Å². The molecule has 1 saturated heterocycles. The van der Waals surface area contributed by atoms with Crippen molar-refractivity contribution in [1.82, 2.24) is 15.0 Å². The van der Waals surface area contributed by atoms with Crippen LogP contribution in [0.4, 0.5) is 5.13 Å². The van der Waals surface area contributed by atoms with E-state index in [1.807, 2.05) is 29.2 Å². The largest absolute Gasteiger partial charge is 0.356 e. The predicted octanol–water partition coefficient (Wildman–Crippen LogP) is 3.90. The third-order valence-corrected chi connectivity index (χ3v) is 6.57. The molecule has 0 bridgehead atoms. The lowest BCUT2D eigenvalue weighted by atomic mass is 10.1. The highest BCUT2D eigenvalue weighted by Gasteiger charge is 2.24. The van der Waals surface area contributed by atoms with Crippen molar-refractivity contribution >= 4 is 44.7 Å². The number of anilines is 1. The standard InChI is InChI=1S/C20H18N4O2S2/c25-19(11-16-15-3-1-2-4-18(15)26-22-16)23-6-8-24(9-7-23)20-21-17(13-28-20)14-5-10-27-12-14/h1-5,10,12-13H,6-9,11H2. The molecule has 4 heterocycles. The van der Waals surface area contributed by atoms with Crippen LogP contribution in [0.15, 0.2) is 51.0 Å². The van der Waals surface area contributed by atoms with E-state index in [0.29, 0.717) is 18.8 Å². The van der Waals surface area contributed by atoms with Gasteiger partial charge in [0.25, 0.3) is 0 Å². The molecular weight excluding hydrogens is 392 g/mol. The summed E-state index contributed by atoms with van der Waals surface area (Å²) in [6.07, 6.45) is 0.274. The van der Waals surface area contributed by atoms with E-state index in [4.69, 9.17) is 9.51 Å². The molecule has 5 rings (SSSR count). The number of amides is 1. The van der Waals surface area contributed by atoms with E-state index < -0.39 is 0 Å². The molecule has 0 spiro atoms. The molecule has 8 heteroatoms. The van der Waals surface area contributed by atoms with Crippen molar-refractivity contribution in [3.05, 3.63) is 52.2 Å². The molecule has 4 aromatic rings. The van der Waals surface area contributed by atoms with Gasteiger partial charge < -0.3 is 14.3 Å². The summed E-state index contributed by atoms with van der Waals surface area (Å²) in [5, 5.41) is 12.3. The Labute approximate surface area is 170 Å². The van der Waals surface area contributed by atoms with E-state index >= 15 is 0 Å². The van der Waals surface area contributed by atoms with Crippen LogP contribution in [0.5, 0.6) is 0 Å². The summed E-state index contributed by atoms with van der Waals surface area (Å²) in [7, 11) is 0. The van der Waals surface area contributed by atoms with Crippen molar-refractivity contribution in [2.75, 3.05) is 31.1 Å². The van der Waals surface area contributed by atoms with Crippen LogP contribution < -0.4 is 4.90 Å². The van der Waals surface area contributed by atoms with Crippen LogP contribution >= 0.6 is 22.7 Å². The third kappa shape index (κ3) is 3.29. The minimum atomic E-state index is 0.0943. The zero-order valence-corrected chi connectivity index (χ0v) is 16.7. The molecule has 0 unspecified atom stereocenters. The predicted molar refractivity (Wildman–Crippen MR) is 112 cm³/mol. The maximum absolute atomic E-state index is 12.7. The molecule has 0 radical (unpaired) electrons. The van der Waals surface area contributed by atoms with Gasteiger partial charge in [-0.05, 0) is 23.6 Å². The Morgan fingerprint density at radius 3 is 2.79 bits per heavy atom. The number of thiophene rings is 1. The van der Waals surface area contributed by atoms with E-state index in [0.717, 1.165) is 34.9 Å². The second kappa shape index (κ2) is 7.37. The number of para-hydroxylation sites is 1. The summed E-state index contributed by atoms with van der Waals surface area (Å²) in [5.41, 5.74) is 3.63. The van der Waals surface area contributed by atoms with Crippen molar-refractivity contribution in [2.24, 2.45) is 0 Å². The van der Waals surface area contributed by atoms with Crippen molar-refractivity contribution in [3.63, 3.8) is 0 Å². The minimum absolute atomic E-state index is 0.0943. The Bertz CT molecular complexity index is 1090. The molecule has 1 fully saturated rings. The van der Waals surface area contributed by atoms with Crippen LogP contribution in [0.3, 0.4) is 0 Å². The number of aromatic nitrogens is 2. The summed E-state index contributed by atoms with van der Waals surface area (Å²) < 4.78 is 5.31. The fourth-order valence-electron chi connectivity index (χ4n) is 3.42. The topological polar surface area (TPSA) is 62.5 Å². The minimum Gasteiger partial charge on any atom is -0.356 e. The van der Waals surface area contributed by atoms with Crippen LogP contribution in [0.1, 0.15) is 5.69 Å². The fraction of sp³-hybridized carbons (Fsp3) is 0.250. The van der Waals surface area contributed by atoms with Gasteiger partial charge in [0.2, 0.25) is 5.91 Å². The summed E-state index contributed by atoms with van der Waals surface area (Å²) in [5.74, 6) is 0.0943. The highest BCUT2D eigenvalue weighted by atomic mass is 32.1. The summed E-state index contributed by atoms with van der Waals surface area (Å²) in [6, 6.07) is 9.74. The van der Waals surface area contributed by atoms with E-state index in [1.54, 1.807) is 22.7 Å². The van der Waals surface area contributed by atoms with Crippen LogP contribution in [-0.4, -0.2) is 47.1 Å². The number of hydrogen-bond acceptors (Lipinski definition) is 7. The zero-order valence-electron chi connectivity index (χ0n) is 15.1. The maximum atomic E-state index is 12.7. The van der Waals surface area contributed by atoms with Crippen LogP contribution in [0.25, 0.3) is 22.2 Å². The molecule has 0 N–H and O–H groups in total. The van der Waals surface area contributed by atoms with E-state index in [1.165, 1.54) is 5.56 Å². The SMILES string of the molecule is O=C(Cc1noc2ccccc12)N1CCN(c2nc(-c3ccsc3)cs2)CC1. The van der Waals surface area contributed by atoms with Gasteiger partial charge in [0.15, 0.2) is 10.7 Å².